The van der Waals surface area contributed by atoms with Crippen molar-refractivity contribution in [2.75, 3.05) is 0 Å². The van der Waals surface area contributed by atoms with E-state index in [-0.39, 0.29) is 0 Å². The Balaban J connectivity index is 3.59. The molecule has 0 amide bonds. The highest BCUT2D eigenvalue weighted by Crippen LogP contribution is 1.87. The van der Waals surface area contributed by atoms with Crippen molar-refractivity contribution in [2.24, 2.45) is 0 Å². The Morgan fingerprint density at radius 1 is 1.36 bits per heavy atom. The Kier molecular flexibility index (Phi) is 2.27. The van der Waals surface area contributed by atoms with Gasteiger partial charge in [0.15, 0.2) is 0 Å². The van der Waals surface area contributed by atoms with E-state index in [2.05, 4.69) is 19.2 Å². The van der Waals surface area contributed by atoms with E-state index in [1.165, 1.54) is 10.8 Å². The summed E-state index contributed by atoms with van der Waals surface area (Å²) in [6, 6.07) is 8.06. The summed E-state index contributed by atoms with van der Waals surface area (Å²) in [5.41, 5.74) is 1.18. The van der Waals surface area contributed by atoms with Gasteiger partial charge in [0.05, 0.1) is 0 Å². The van der Waals surface area contributed by atoms with Gasteiger partial charge in [-0.15, -0.1) is 0 Å². The monoisotopic (exact) mass is 144 g/mol. The first-order valence-electron chi connectivity index (χ1n) is 3.63. The Bertz CT molecular complexity index is 358. The zero-order valence-corrected chi connectivity index (χ0v) is 6.80. The first-order chi connectivity index (χ1) is 5.25. The first kappa shape index (κ1) is 7.80. The molecule has 1 aromatic carbocycles. The molecular weight excluding hydrogens is 132 g/mol. The van der Waals surface area contributed by atoms with Gasteiger partial charge >= 0.3 is 0 Å². The van der Waals surface area contributed by atoms with E-state index in [4.69, 9.17) is 0 Å². The summed E-state index contributed by atoms with van der Waals surface area (Å²) in [6.07, 6.45) is 1.85. The van der Waals surface area contributed by atoms with E-state index in [1.807, 2.05) is 31.2 Å². The highest BCUT2D eigenvalue weighted by atomic mass is 13.9. The number of hydrogen-bond acceptors (Lipinski definition) is 0. The van der Waals surface area contributed by atoms with E-state index < -0.39 is 0 Å². The van der Waals surface area contributed by atoms with Crippen molar-refractivity contribution in [3.63, 3.8) is 0 Å². The maximum absolute atomic E-state index is 3.92. The molecule has 0 spiro atoms. The molecule has 0 unspecified atom stereocenters. The fourth-order valence-electron chi connectivity index (χ4n) is 1.01. The summed E-state index contributed by atoms with van der Waals surface area (Å²) in [5.74, 6) is 0. The van der Waals surface area contributed by atoms with Crippen LogP contribution in [0.3, 0.4) is 0 Å². The van der Waals surface area contributed by atoms with Crippen LogP contribution < -0.4 is 10.4 Å². The third-order valence-corrected chi connectivity index (χ3v) is 1.75. The van der Waals surface area contributed by atoms with Gasteiger partial charge < -0.3 is 0 Å². The van der Waals surface area contributed by atoms with Gasteiger partial charge in [-0.25, -0.2) is 0 Å². The normalized spacial score (nSPS) is 12.5. The number of hydrogen-bond donors (Lipinski definition) is 0. The molecule has 0 N–H and O–H groups in total. The lowest BCUT2D eigenvalue weighted by molar-refractivity contribution is 1.49. The van der Waals surface area contributed by atoms with Gasteiger partial charge in [0.25, 0.3) is 0 Å². The van der Waals surface area contributed by atoms with Gasteiger partial charge in [-0.1, -0.05) is 43.5 Å². The quantitative estimate of drug-likeness (QED) is 0.559. The van der Waals surface area contributed by atoms with E-state index in [0.29, 0.717) is 0 Å². The van der Waals surface area contributed by atoms with Crippen LogP contribution in [-0.2, 0) is 0 Å². The SMILES string of the molecule is C=C/C(C)=c1\ccccc1=C. The minimum atomic E-state index is 1.06. The van der Waals surface area contributed by atoms with Crippen LogP contribution >= 0.6 is 0 Å². The van der Waals surface area contributed by atoms with Crippen molar-refractivity contribution in [1.82, 2.24) is 0 Å². The summed E-state index contributed by atoms with van der Waals surface area (Å²) in [4.78, 5) is 0. The molecule has 0 heteroatoms. The van der Waals surface area contributed by atoms with Crippen LogP contribution in [0.4, 0.5) is 0 Å². The van der Waals surface area contributed by atoms with E-state index >= 15 is 0 Å². The number of allylic oxidation sites excluding steroid dienone is 1. The third-order valence-electron chi connectivity index (χ3n) is 1.75. The van der Waals surface area contributed by atoms with Crippen LogP contribution in [0.5, 0.6) is 0 Å². The van der Waals surface area contributed by atoms with Crippen molar-refractivity contribution in [2.45, 2.75) is 6.92 Å². The molecule has 56 valence electrons. The van der Waals surface area contributed by atoms with Gasteiger partial charge in [0, 0.05) is 0 Å². The van der Waals surface area contributed by atoms with Gasteiger partial charge in [0.2, 0.25) is 0 Å². The highest BCUT2D eigenvalue weighted by molar-refractivity contribution is 5.53. The molecule has 0 fully saturated rings. The maximum Gasteiger partial charge on any atom is -0.0161 e. The smallest absolute Gasteiger partial charge is 0.0161 e. The van der Waals surface area contributed by atoms with Gasteiger partial charge in [-0.3, -0.25) is 0 Å². The zero-order valence-electron chi connectivity index (χ0n) is 6.80. The van der Waals surface area contributed by atoms with Gasteiger partial charge in [0.1, 0.15) is 0 Å². The molecule has 0 aromatic heterocycles. The van der Waals surface area contributed by atoms with Crippen LogP contribution in [0.2, 0.25) is 0 Å². The van der Waals surface area contributed by atoms with Crippen LogP contribution in [0, 0.1) is 0 Å². The number of benzene rings is 1. The fourth-order valence-corrected chi connectivity index (χ4v) is 1.01. The lowest BCUT2D eigenvalue weighted by Gasteiger charge is -1.91. The standard InChI is InChI=1S/C11H12/c1-4-9(2)11-8-6-5-7-10(11)3/h4-8H,1,3H2,2H3/b11-9+. The average Bonchev–Trinajstić information content (AvgIpc) is 2.04. The number of rotatable bonds is 1. The molecule has 11 heavy (non-hydrogen) atoms. The maximum atomic E-state index is 3.92. The summed E-state index contributed by atoms with van der Waals surface area (Å²) in [7, 11) is 0. The Labute approximate surface area is 67.2 Å². The predicted molar refractivity (Wildman–Crippen MR) is 50.5 cm³/mol. The van der Waals surface area contributed by atoms with Gasteiger partial charge in [-0.2, -0.15) is 0 Å². The topological polar surface area (TPSA) is 0 Å². The summed E-state index contributed by atoms with van der Waals surface area (Å²) in [6.45, 7) is 9.67. The lowest BCUT2D eigenvalue weighted by atomic mass is 10.1. The van der Waals surface area contributed by atoms with Crippen molar-refractivity contribution in [3.05, 3.63) is 47.4 Å². The van der Waals surface area contributed by atoms with Crippen LogP contribution in [0.25, 0.3) is 12.2 Å². The van der Waals surface area contributed by atoms with Crippen molar-refractivity contribution < 1.29 is 0 Å². The van der Waals surface area contributed by atoms with Crippen LogP contribution in [0.1, 0.15) is 6.92 Å². The largest absolute Gasteiger partial charge is 0.0988 e. The second-order valence-electron chi connectivity index (χ2n) is 2.54. The fraction of sp³-hybridized carbons (Fsp3) is 0.0909. The Hall–Kier alpha value is -1.30. The molecule has 1 rings (SSSR count). The lowest BCUT2D eigenvalue weighted by Crippen LogP contribution is -2.23. The highest BCUT2D eigenvalue weighted by Gasteiger charge is 1.83. The average molecular weight is 144 g/mol. The molecule has 0 heterocycles. The predicted octanol–water partition coefficient (Wildman–Crippen LogP) is 1.45. The molecule has 0 nitrogen and oxygen atoms in total. The van der Waals surface area contributed by atoms with Gasteiger partial charge in [-0.05, 0) is 22.9 Å². The van der Waals surface area contributed by atoms with E-state index in [9.17, 15) is 0 Å². The second-order valence-corrected chi connectivity index (χ2v) is 2.54. The molecule has 0 aliphatic heterocycles. The van der Waals surface area contributed by atoms with Crippen molar-refractivity contribution in [1.29, 1.82) is 0 Å². The summed E-state index contributed by atoms with van der Waals surface area (Å²) < 4.78 is 0. The zero-order chi connectivity index (χ0) is 8.27. The molecular formula is C11H12. The molecule has 0 saturated heterocycles. The van der Waals surface area contributed by atoms with Crippen LogP contribution in [-0.4, -0.2) is 0 Å². The second kappa shape index (κ2) is 3.20. The van der Waals surface area contributed by atoms with E-state index in [1.54, 1.807) is 0 Å². The van der Waals surface area contributed by atoms with Crippen molar-refractivity contribution in [3.8, 4) is 0 Å². The Morgan fingerprint density at radius 2 is 2.00 bits per heavy atom. The van der Waals surface area contributed by atoms with E-state index in [0.717, 1.165) is 5.22 Å². The molecule has 0 saturated carbocycles. The molecule has 0 atom stereocenters. The molecule has 0 radical (unpaired) electrons. The molecule has 0 bridgehead atoms. The Morgan fingerprint density at radius 3 is 2.55 bits per heavy atom. The summed E-state index contributed by atoms with van der Waals surface area (Å²) in [5, 5.41) is 2.24. The minimum absolute atomic E-state index is 1.06. The molecule has 0 aliphatic carbocycles. The first-order valence-corrected chi connectivity index (χ1v) is 3.63. The molecule has 0 aliphatic rings. The third kappa shape index (κ3) is 1.58. The van der Waals surface area contributed by atoms with Crippen molar-refractivity contribution >= 4 is 12.2 Å². The summed E-state index contributed by atoms with van der Waals surface area (Å²) >= 11 is 0. The van der Waals surface area contributed by atoms with Crippen LogP contribution in [0.15, 0.2) is 36.9 Å². The minimum Gasteiger partial charge on any atom is -0.0988 e. The molecule has 1 aromatic rings.